The van der Waals surface area contributed by atoms with E-state index in [1.54, 1.807) is 4.90 Å². The third-order valence-corrected chi connectivity index (χ3v) is 2.50. The molecule has 0 unspecified atom stereocenters. The minimum atomic E-state index is -0.608. The van der Waals surface area contributed by atoms with E-state index in [9.17, 15) is 9.59 Å². The molecule has 0 radical (unpaired) electrons. The van der Waals surface area contributed by atoms with Crippen LogP contribution in [0.4, 0.5) is 10.5 Å². The fourth-order valence-electron chi connectivity index (χ4n) is 1.61. The van der Waals surface area contributed by atoms with Gasteiger partial charge in [-0.05, 0) is 31.5 Å². The molecule has 1 aromatic carbocycles. The predicted molar refractivity (Wildman–Crippen MR) is 69.6 cm³/mol. The summed E-state index contributed by atoms with van der Waals surface area (Å²) in [7, 11) is 1.26. The number of likely N-dealkylation sites (N-methyl/N-ethyl adjacent to an activating group) is 1. The van der Waals surface area contributed by atoms with Gasteiger partial charge in [0.25, 0.3) is 0 Å². The van der Waals surface area contributed by atoms with Crippen LogP contribution in [0.3, 0.4) is 0 Å². The number of hydrogen-bond acceptors (Lipinski definition) is 3. The summed E-state index contributed by atoms with van der Waals surface area (Å²) in [5, 5.41) is 2.38. The molecule has 0 bridgehead atoms. The molecule has 1 rings (SSSR count). The first-order chi connectivity index (χ1) is 8.58. The number of carbonyl (C=O) groups is 2. The number of rotatable bonds is 4. The Bertz CT molecular complexity index is 432. The molecule has 18 heavy (non-hydrogen) atoms. The molecule has 0 spiro atoms. The van der Waals surface area contributed by atoms with Gasteiger partial charge in [0.1, 0.15) is 6.54 Å². The summed E-state index contributed by atoms with van der Waals surface area (Å²) >= 11 is 0. The minimum absolute atomic E-state index is 0.0749. The lowest BCUT2D eigenvalue weighted by molar-refractivity contribution is -0.117. The van der Waals surface area contributed by atoms with Gasteiger partial charge in [-0.1, -0.05) is 12.1 Å². The third-order valence-electron chi connectivity index (χ3n) is 2.50. The lowest BCUT2D eigenvalue weighted by Crippen LogP contribution is -2.40. The van der Waals surface area contributed by atoms with E-state index in [1.807, 2.05) is 38.1 Å². The van der Waals surface area contributed by atoms with Gasteiger partial charge in [0.2, 0.25) is 5.91 Å². The number of aryl methyl sites for hydroxylation is 1. The van der Waals surface area contributed by atoms with Crippen molar-refractivity contribution in [1.29, 1.82) is 0 Å². The Morgan fingerprint density at radius 1 is 1.39 bits per heavy atom. The molecule has 5 heteroatoms. The quantitative estimate of drug-likeness (QED) is 0.885. The number of alkyl carbamates (subject to hydrolysis) is 1. The standard InChI is InChI=1S/C13H18N2O3/c1-4-15(11-7-5-6-10(2)8-11)12(16)9-14-13(17)18-3/h5-8H,4,9H2,1-3H3,(H,14,17). The number of carbonyl (C=O) groups excluding carboxylic acids is 2. The molecule has 0 atom stereocenters. The largest absolute Gasteiger partial charge is 0.453 e. The molecule has 0 heterocycles. The van der Waals surface area contributed by atoms with Crippen molar-refractivity contribution in [2.24, 2.45) is 0 Å². The molecular weight excluding hydrogens is 232 g/mol. The molecule has 0 saturated carbocycles. The van der Waals surface area contributed by atoms with Crippen LogP contribution in [0.15, 0.2) is 24.3 Å². The monoisotopic (exact) mass is 250 g/mol. The molecular formula is C13H18N2O3. The number of nitrogens with zero attached hydrogens (tertiary/aromatic N) is 1. The van der Waals surface area contributed by atoms with Crippen LogP contribution in [-0.4, -0.2) is 32.2 Å². The summed E-state index contributed by atoms with van der Waals surface area (Å²) in [6.07, 6.45) is -0.608. The van der Waals surface area contributed by atoms with Crippen LogP contribution in [0.25, 0.3) is 0 Å². The Morgan fingerprint density at radius 3 is 2.67 bits per heavy atom. The predicted octanol–water partition coefficient (Wildman–Crippen LogP) is 1.70. The highest BCUT2D eigenvalue weighted by Crippen LogP contribution is 2.15. The van der Waals surface area contributed by atoms with Gasteiger partial charge in [-0.3, -0.25) is 4.79 Å². The molecule has 0 aromatic heterocycles. The van der Waals surface area contributed by atoms with E-state index in [1.165, 1.54) is 7.11 Å². The molecule has 98 valence electrons. The minimum Gasteiger partial charge on any atom is -0.453 e. The van der Waals surface area contributed by atoms with Crippen molar-refractivity contribution in [3.05, 3.63) is 29.8 Å². The maximum Gasteiger partial charge on any atom is 0.407 e. The molecule has 1 N–H and O–H groups in total. The normalized spacial score (nSPS) is 9.72. The van der Waals surface area contributed by atoms with Gasteiger partial charge in [0, 0.05) is 12.2 Å². The molecule has 1 aromatic rings. The summed E-state index contributed by atoms with van der Waals surface area (Å²) in [6.45, 7) is 4.33. The van der Waals surface area contributed by atoms with Crippen molar-refractivity contribution < 1.29 is 14.3 Å². The lowest BCUT2D eigenvalue weighted by atomic mass is 10.2. The van der Waals surface area contributed by atoms with Crippen LogP contribution in [0, 0.1) is 6.92 Å². The number of methoxy groups -OCH3 is 1. The van der Waals surface area contributed by atoms with Crippen molar-refractivity contribution in [2.75, 3.05) is 25.1 Å². The van der Waals surface area contributed by atoms with Crippen molar-refractivity contribution in [2.45, 2.75) is 13.8 Å². The fourth-order valence-corrected chi connectivity index (χ4v) is 1.61. The Kier molecular flexibility index (Phi) is 5.17. The van der Waals surface area contributed by atoms with Crippen LogP contribution in [0.5, 0.6) is 0 Å². The number of benzene rings is 1. The van der Waals surface area contributed by atoms with Crippen molar-refractivity contribution >= 4 is 17.7 Å². The fraction of sp³-hybridized carbons (Fsp3) is 0.385. The van der Waals surface area contributed by atoms with Crippen LogP contribution >= 0.6 is 0 Å². The van der Waals surface area contributed by atoms with Gasteiger partial charge in [-0.25, -0.2) is 4.79 Å². The molecule has 0 fully saturated rings. The zero-order valence-electron chi connectivity index (χ0n) is 10.9. The number of amides is 2. The molecule has 0 aliphatic heterocycles. The third kappa shape index (κ3) is 3.76. The van der Waals surface area contributed by atoms with E-state index in [-0.39, 0.29) is 12.5 Å². The number of anilines is 1. The van der Waals surface area contributed by atoms with Crippen LogP contribution < -0.4 is 10.2 Å². The van der Waals surface area contributed by atoms with E-state index in [0.29, 0.717) is 6.54 Å². The Hall–Kier alpha value is -2.04. The molecule has 5 nitrogen and oxygen atoms in total. The first-order valence-electron chi connectivity index (χ1n) is 5.77. The van der Waals surface area contributed by atoms with E-state index in [4.69, 9.17) is 0 Å². The van der Waals surface area contributed by atoms with Gasteiger partial charge in [-0.2, -0.15) is 0 Å². The highest BCUT2D eigenvalue weighted by Gasteiger charge is 2.14. The summed E-state index contributed by atoms with van der Waals surface area (Å²) in [5.74, 6) is -0.173. The topological polar surface area (TPSA) is 58.6 Å². The summed E-state index contributed by atoms with van der Waals surface area (Å²) in [6, 6.07) is 7.66. The summed E-state index contributed by atoms with van der Waals surface area (Å²) in [5.41, 5.74) is 1.91. The Labute approximate surface area is 107 Å². The van der Waals surface area contributed by atoms with Gasteiger partial charge < -0.3 is 15.0 Å². The number of nitrogens with one attached hydrogen (secondary N) is 1. The number of hydrogen-bond donors (Lipinski definition) is 1. The second kappa shape index (κ2) is 6.64. The second-order valence-corrected chi connectivity index (χ2v) is 3.82. The van der Waals surface area contributed by atoms with E-state index < -0.39 is 6.09 Å². The Morgan fingerprint density at radius 2 is 2.11 bits per heavy atom. The highest BCUT2D eigenvalue weighted by molar-refractivity contribution is 5.96. The number of ether oxygens (including phenoxy) is 1. The van der Waals surface area contributed by atoms with Crippen molar-refractivity contribution in [3.8, 4) is 0 Å². The zero-order valence-corrected chi connectivity index (χ0v) is 10.9. The van der Waals surface area contributed by atoms with Crippen LogP contribution in [-0.2, 0) is 9.53 Å². The van der Waals surface area contributed by atoms with Crippen molar-refractivity contribution in [1.82, 2.24) is 5.32 Å². The van der Waals surface area contributed by atoms with E-state index in [0.717, 1.165) is 11.3 Å². The maximum absolute atomic E-state index is 12.0. The van der Waals surface area contributed by atoms with E-state index in [2.05, 4.69) is 10.1 Å². The first kappa shape index (κ1) is 14.0. The summed E-state index contributed by atoms with van der Waals surface area (Å²) < 4.78 is 4.42. The van der Waals surface area contributed by atoms with Gasteiger partial charge in [0.05, 0.1) is 7.11 Å². The molecule has 2 amide bonds. The zero-order chi connectivity index (χ0) is 13.5. The molecule has 0 aliphatic carbocycles. The SMILES string of the molecule is CCN(C(=O)CNC(=O)OC)c1cccc(C)c1. The van der Waals surface area contributed by atoms with Crippen LogP contribution in [0.2, 0.25) is 0 Å². The first-order valence-corrected chi connectivity index (χ1v) is 5.77. The average Bonchev–Trinajstić information content (AvgIpc) is 2.37. The lowest BCUT2D eigenvalue weighted by Gasteiger charge is -2.21. The molecule has 0 aliphatic rings. The molecule has 0 saturated heterocycles. The maximum atomic E-state index is 12.0. The van der Waals surface area contributed by atoms with Crippen LogP contribution in [0.1, 0.15) is 12.5 Å². The second-order valence-electron chi connectivity index (χ2n) is 3.82. The van der Waals surface area contributed by atoms with Gasteiger partial charge >= 0.3 is 6.09 Å². The highest BCUT2D eigenvalue weighted by atomic mass is 16.5. The van der Waals surface area contributed by atoms with E-state index >= 15 is 0 Å². The Balaban J connectivity index is 2.71. The van der Waals surface area contributed by atoms with Crippen molar-refractivity contribution in [3.63, 3.8) is 0 Å². The smallest absolute Gasteiger partial charge is 0.407 e. The van der Waals surface area contributed by atoms with Gasteiger partial charge in [0.15, 0.2) is 0 Å². The summed E-state index contributed by atoms with van der Waals surface area (Å²) in [4.78, 5) is 24.5. The average molecular weight is 250 g/mol. The van der Waals surface area contributed by atoms with Gasteiger partial charge in [-0.15, -0.1) is 0 Å².